The maximum absolute atomic E-state index is 12.8. The van der Waals surface area contributed by atoms with Gasteiger partial charge in [0.2, 0.25) is 11.8 Å². The first kappa shape index (κ1) is 18.5. The minimum atomic E-state index is 0.0841. The molecule has 0 radical (unpaired) electrons. The fourth-order valence-corrected chi connectivity index (χ4v) is 4.97. The number of piperidine rings is 2. The number of imidazole rings is 1. The number of carbonyl (C=O) groups excluding carboxylic acids is 2. The predicted octanol–water partition coefficient (Wildman–Crippen LogP) is 1.28. The highest BCUT2D eigenvalue weighted by Gasteiger charge is 2.42. The number of rotatable bonds is 5. The van der Waals surface area contributed by atoms with Crippen molar-refractivity contribution >= 4 is 11.8 Å². The van der Waals surface area contributed by atoms with E-state index in [1.54, 1.807) is 6.33 Å². The third-order valence-electron chi connectivity index (χ3n) is 6.53. The molecule has 1 atom stereocenters. The molecule has 1 spiro atoms. The second-order valence-corrected chi connectivity index (χ2v) is 8.54. The first-order valence-corrected chi connectivity index (χ1v) is 10.4. The van der Waals surface area contributed by atoms with Gasteiger partial charge in [0.05, 0.1) is 12.9 Å². The monoisotopic (exact) mass is 373 g/mol. The largest absolute Gasteiger partial charge is 0.348 e. The van der Waals surface area contributed by atoms with Gasteiger partial charge >= 0.3 is 0 Å². The zero-order valence-corrected chi connectivity index (χ0v) is 16.2. The molecule has 0 saturated carbocycles. The van der Waals surface area contributed by atoms with Crippen LogP contribution in [0.5, 0.6) is 0 Å². The number of aromatic amines is 1. The summed E-state index contributed by atoms with van der Waals surface area (Å²) < 4.78 is 0. The van der Waals surface area contributed by atoms with Crippen LogP contribution in [0.2, 0.25) is 0 Å². The van der Waals surface area contributed by atoms with E-state index in [1.807, 2.05) is 11.1 Å². The average Bonchev–Trinajstić information content (AvgIpc) is 3.37. The van der Waals surface area contributed by atoms with Crippen molar-refractivity contribution in [3.8, 4) is 0 Å². The molecule has 3 saturated heterocycles. The van der Waals surface area contributed by atoms with Crippen LogP contribution < -0.4 is 0 Å². The molecule has 2 amide bonds. The summed E-state index contributed by atoms with van der Waals surface area (Å²) in [4.78, 5) is 38.8. The Balaban J connectivity index is 1.35. The lowest BCUT2D eigenvalue weighted by Gasteiger charge is -2.48. The van der Waals surface area contributed by atoms with Crippen molar-refractivity contribution in [1.29, 1.82) is 0 Å². The molecule has 3 fully saturated rings. The summed E-state index contributed by atoms with van der Waals surface area (Å²) in [5.41, 5.74) is 1.15. The van der Waals surface area contributed by atoms with Crippen LogP contribution in [0, 0.1) is 5.41 Å². The molecular weight excluding hydrogens is 342 g/mol. The van der Waals surface area contributed by atoms with Gasteiger partial charge in [-0.2, -0.15) is 0 Å². The Bertz CT molecular complexity index is 655. The molecule has 0 bridgehead atoms. The quantitative estimate of drug-likeness (QED) is 0.844. The molecule has 7 heteroatoms. The van der Waals surface area contributed by atoms with Gasteiger partial charge in [0.25, 0.3) is 0 Å². The van der Waals surface area contributed by atoms with Crippen LogP contribution in [0.25, 0.3) is 0 Å². The average molecular weight is 374 g/mol. The lowest BCUT2D eigenvalue weighted by Crippen LogP contribution is -2.56. The van der Waals surface area contributed by atoms with E-state index < -0.39 is 0 Å². The molecular formula is C20H31N5O2. The van der Waals surface area contributed by atoms with Gasteiger partial charge < -0.3 is 14.8 Å². The summed E-state index contributed by atoms with van der Waals surface area (Å²) in [6, 6.07) is 0. The molecule has 1 aromatic heterocycles. The number of amides is 2. The Labute approximate surface area is 161 Å². The van der Waals surface area contributed by atoms with Crippen LogP contribution in [-0.2, 0) is 16.0 Å². The van der Waals surface area contributed by atoms with Crippen molar-refractivity contribution in [2.24, 2.45) is 5.41 Å². The third kappa shape index (κ3) is 4.34. The molecule has 0 aliphatic carbocycles. The standard InChI is InChI=1S/C20H31N5O2/c26-18-4-7-20(15-25(18)11-5-17-12-21-16-22-17)6-3-10-24(14-20)19(27)13-23-8-1-2-9-23/h12,16H,1-11,13-15H2,(H,21,22). The van der Waals surface area contributed by atoms with Gasteiger partial charge in [0.1, 0.15) is 0 Å². The molecule has 3 aliphatic heterocycles. The molecule has 27 heavy (non-hydrogen) atoms. The zero-order valence-electron chi connectivity index (χ0n) is 16.2. The molecule has 7 nitrogen and oxygen atoms in total. The summed E-state index contributed by atoms with van der Waals surface area (Å²) in [6.45, 7) is 5.88. The second-order valence-electron chi connectivity index (χ2n) is 8.54. The van der Waals surface area contributed by atoms with E-state index in [-0.39, 0.29) is 17.2 Å². The maximum Gasteiger partial charge on any atom is 0.236 e. The Morgan fingerprint density at radius 3 is 2.78 bits per heavy atom. The van der Waals surface area contributed by atoms with Crippen LogP contribution in [0.4, 0.5) is 0 Å². The number of nitrogens with zero attached hydrogens (tertiary/aromatic N) is 4. The van der Waals surface area contributed by atoms with Gasteiger partial charge in [-0.05, 0) is 45.2 Å². The van der Waals surface area contributed by atoms with Crippen LogP contribution in [-0.4, -0.2) is 82.3 Å². The highest BCUT2D eigenvalue weighted by Crippen LogP contribution is 2.39. The molecule has 3 aliphatic rings. The fourth-order valence-electron chi connectivity index (χ4n) is 4.97. The molecule has 1 N–H and O–H groups in total. The van der Waals surface area contributed by atoms with Gasteiger partial charge in [-0.25, -0.2) is 4.98 Å². The minimum absolute atomic E-state index is 0.0841. The van der Waals surface area contributed by atoms with E-state index in [0.29, 0.717) is 13.0 Å². The van der Waals surface area contributed by atoms with E-state index in [0.717, 1.165) is 70.6 Å². The Kier molecular flexibility index (Phi) is 5.48. The van der Waals surface area contributed by atoms with E-state index in [1.165, 1.54) is 12.8 Å². The number of carbonyl (C=O) groups is 2. The summed E-state index contributed by atoms with van der Waals surface area (Å²) in [7, 11) is 0. The SMILES string of the molecule is O=C1CCC2(CCCN(C(=O)CN3CCCC3)C2)CN1CCc1cnc[nH]1. The number of nitrogens with one attached hydrogen (secondary N) is 1. The maximum atomic E-state index is 12.8. The molecule has 4 rings (SSSR count). The van der Waals surface area contributed by atoms with Crippen LogP contribution in [0.15, 0.2) is 12.5 Å². The van der Waals surface area contributed by atoms with Crippen LogP contribution in [0.3, 0.4) is 0 Å². The summed E-state index contributed by atoms with van der Waals surface area (Å²) >= 11 is 0. The number of aromatic nitrogens is 2. The smallest absolute Gasteiger partial charge is 0.236 e. The van der Waals surface area contributed by atoms with E-state index in [9.17, 15) is 9.59 Å². The van der Waals surface area contributed by atoms with Crippen molar-refractivity contribution in [1.82, 2.24) is 24.7 Å². The van der Waals surface area contributed by atoms with E-state index in [4.69, 9.17) is 0 Å². The van der Waals surface area contributed by atoms with Gasteiger partial charge in [-0.1, -0.05) is 0 Å². The minimum Gasteiger partial charge on any atom is -0.348 e. The Hall–Kier alpha value is -1.89. The van der Waals surface area contributed by atoms with Crippen molar-refractivity contribution in [3.63, 3.8) is 0 Å². The van der Waals surface area contributed by atoms with Crippen molar-refractivity contribution < 1.29 is 9.59 Å². The van der Waals surface area contributed by atoms with E-state index >= 15 is 0 Å². The Morgan fingerprint density at radius 2 is 2.00 bits per heavy atom. The van der Waals surface area contributed by atoms with Crippen molar-refractivity contribution in [3.05, 3.63) is 18.2 Å². The number of hydrogen-bond donors (Lipinski definition) is 1. The van der Waals surface area contributed by atoms with Gasteiger partial charge in [-0.3, -0.25) is 14.5 Å². The summed E-state index contributed by atoms with van der Waals surface area (Å²) in [5, 5.41) is 0. The lowest BCUT2D eigenvalue weighted by atomic mass is 9.73. The first-order chi connectivity index (χ1) is 13.1. The van der Waals surface area contributed by atoms with E-state index in [2.05, 4.69) is 19.8 Å². The summed E-state index contributed by atoms with van der Waals surface area (Å²) in [5.74, 6) is 0.526. The first-order valence-electron chi connectivity index (χ1n) is 10.4. The number of likely N-dealkylation sites (tertiary alicyclic amines) is 3. The normalized spacial score (nSPS) is 26.9. The predicted molar refractivity (Wildman–Crippen MR) is 102 cm³/mol. The van der Waals surface area contributed by atoms with Crippen molar-refractivity contribution in [2.45, 2.75) is 44.9 Å². The fraction of sp³-hybridized carbons (Fsp3) is 0.750. The van der Waals surface area contributed by atoms with Crippen molar-refractivity contribution in [2.75, 3.05) is 45.8 Å². The Morgan fingerprint density at radius 1 is 1.15 bits per heavy atom. The molecule has 1 aromatic rings. The highest BCUT2D eigenvalue weighted by molar-refractivity contribution is 5.79. The lowest BCUT2D eigenvalue weighted by molar-refractivity contribution is -0.143. The third-order valence-corrected chi connectivity index (χ3v) is 6.53. The topological polar surface area (TPSA) is 72.5 Å². The van der Waals surface area contributed by atoms with Gasteiger partial charge in [0, 0.05) is 56.3 Å². The molecule has 0 aromatic carbocycles. The highest BCUT2D eigenvalue weighted by atomic mass is 16.2. The number of hydrogen-bond acceptors (Lipinski definition) is 4. The molecule has 148 valence electrons. The zero-order chi connectivity index (χ0) is 18.7. The molecule has 1 unspecified atom stereocenters. The van der Waals surface area contributed by atoms with Gasteiger partial charge in [-0.15, -0.1) is 0 Å². The summed E-state index contributed by atoms with van der Waals surface area (Å²) in [6.07, 6.45) is 10.4. The number of H-pyrrole nitrogens is 1. The second kappa shape index (κ2) is 8.00. The molecule has 4 heterocycles. The van der Waals surface area contributed by atoms with Crippen LogP contribution >= 0.6 is 0 Å². The van der Waals surface area contributed by atoms with Gasteiger partial charge in [0.15, 0.2) is 0 Å². The van der Waals surface area contributed by atoms with Crippen LogP contribution in [0.1, 0.15) is 44.2 Å².